The number of aryl methyl sites for hydroxylation is 1. The monoisotopic (exact) mass is 308 g/mol. The Kier molecular flexibility index (Phi) is 4.31. The third kappa shape index (κ3) is 3.14. The molecular weight excluding hydrogens is 292 g/mol. The Morgan fingerprint density at radius 3 is 2.81 bits per heavy atom. The van der Waals surface area contributed by atoms with Crippen LogP contribution in [0.25, 0.3) is 11.5 Å². The third-order valence-electron chi connectivity index (χ3n) is 3.27. The van der Waals surface area contributed by atoms with Gasteiger partial charge >= 0.3 is 0 Å². The van der Waals surface area contributed by atoms with E-state index in [-0.39, 0.29) is 5.28 Å². The summed E-state index contributed by atoms with van der Waals surface area (Å²) in [7, 11) is 0. The molecule has 0 aromatic carbocycles. The van der Waals surface area contributed by atoms with Crippen LogP contribution in [0.1, 0.15) is 13.3 Å². The van der Waals surface area contributed by atoms with E-state index in [1.165, 1.54) is 0 Å². The van der Waals surface area contributed by atoms with Gasteiger partial charge in [0.25, 0.3) is 0 Å². The lowest BCUT2D eigenvalue weighted by Crippen LogP contribution is -2.37. The van der Waals surface area contributed by atoms with Gasteiger partial charge in [-0.05, 0) is 24.1 Å². The van der Waals surface area contributed by atoms with Gasteiger partial charge in [-0.3, -0.25) is 4.68 Å². The average molecular weight is 309 g/mol. The number of hydrogen-bond acceptors (Lipinski definition) is 6. The first-order valence-electron chi connectivity index (χ1n) is 7.04. The van der Waals surface area contributed by atoms with Crippen molar-refractivity contribution in [3.63, 3.8) is 0 Å². The van der Waals surface area contributed by atoms with Crippen molar-refractivity contribution in [1.29, 1.82) is 0 Å². The van der Waals surface area contributed by atoms with Crippen LogP contribution < -0.4 is 4.90 Å². The number of morpholine rings is 1. The molecule has 1 fully saturated rings. The first kappa shape index (κ1) is 14.2. The molecule has 1 aliphatic rings. The number of anilines is 1. The molecule has 0 aliphatic carbocycles. The van der Waals surface area contributed by atoms with Crippen LogP contribution >= 0.6 is 11.6 Å². The first-order valence-corrected chi connectivity index (χ1v) is 7.42. The van der Waals surface area contributed by atoms with Crippen LogP contribution in [0.4, 0.5) is 5.95 Å². The molecule has 0 saturated carbocycles. The summed E-state index contributed by atoms with van der Waals surface area (Å²) >= 11 is 6.07. The molecule has 2 aromatic rings. The number of rotatable bonds is 4. The lowest BCUT2D eigenvalue weighted by atomic mass is 10.4. The van der Waals surface area contributed by atoms with E-state index >= 15 is 0 Å². The predicted octanol–water partition coefficient (Wildman–Crippen LogP) is 1.64. The molecule has 3 heterocycles. The van der Waals surface area contributed by atoms with E-state index < -0.39 is 0 Å². The summed E-state index contributed by atoms with van der Waals surface area (Å²) in [4.78, 5) is 15.1. The summed E-state index contributed by atoms with van der Waals surface area (Å²) < 4.78 is 7.23. The minimum atomic E-state index is 0.200. The van der Waals surface area contributed by atoms with Gasteiger partial charge < -0.3 is 9.64 Å². The van der Waals surface area contributed by atoms with Gasteiger partial charge in [0.05, 0.1) is 13.2 Å². The highest BCUT2D eigenvalue weighted by atomic mass is 35.5. The van der Waals surface area contributed by atoms with Crippen LogP contribution in [0.15, 0.2) is 12.3 Å². The van der Waals surface area contributed by atoms with Crippen molar-refractivity contribution in [2.45, 2.75) is 19.9 Å². The largest absolute Gasteiger partial charge is 0.378 e. The highest BCUT2D eigenvalue weighted by Gasteiger charge is 2.18. The fourth-order valence-electron chi connectivity index (χ4n) is 2.27. The lowest BCUT2D eigenvalue weighted by molar-refractivity contribution is 0.122. The van der Waals surface area contributed by atoms with E-state index in [0.29, 0.717) is 25.0 Å². The number of hydrogen-bond donors (Lipinski definition) is 0. The second-order valence-electron chi connectivity index (χ2n) is 4.77. The predicted molar refractivity (Wildman–Crippen MR) is 79.4 cm³/mol. The molecule has 1 aliphatic heterocycles. The Morgan fingerprint density at radius 1 is 1.24 bits per heavy atom. The topological polar surface area (TPSA) is 69.0 Å². The van der Waals surface area contributed by atoms with Gasteiger partial charge in [0, 0.05) is 25.8 Å². The van der Waals surface area contributed by atoms with Crippen molar-refractivity contribution >= 4 is 17.5 Å². The molecule has 0 radical (unpaired) electrons. The first-order chi connectivity index (χ1) is 10.3. The Morgan fingerprint density at radius 2 is 2.05 bits per heavy atom. The molecule has 1 saturated heterocycles. The standard InChI is InChI=1S/C13H17ClN6O/c1-2-5-20-10(3-4-15-20)11-16-12(14)18-13(17-11)19-6-8-21-9-7-19/h3-4H,2,5-9H2,1H3. The number of halogens is 1. The molecule has 0 bridgehead atoms. The van der Waals surface area contributed by atoms with E-state index in [1.54, 1.807) is 6.20 Å². The molecule has 2 aromatic heterocycles. The zero-order chi connectivity index (χ0) is 14.7. The van der Waals surface area contributed by atoms with Crippen molar-refractivity contribution in [2.24, 2.45) is 0 Å². The molecule has 112 valence electrons. The van der Waals surface area contributed by atoms with Crippen LogP contribution in [-0.2, 0) is 11.3 Å². The van der Waals surface area contributed by atoms with Crippen LogP contribution in [0.2, 0.25) is 5.28 Å². The highest BCUT2D eigenvalue weighted by molar-refractivity contribution is 6.28. The van der Waals surface area contributed by atoms with Crippen molar-refractivity contribution in [2.75, 3.05) is 31.2 Å². The Bertz CT molecular complexity index is 610. The second-order valence-corrected chi connectivity index (χ2v) is 5.11. The maximum atomic E-state index is 6.07. The van der Waals surface area contributed by atoms with Gasteiger partial charge in [-0.2, -0.15) is 20.1 Å². The Balaban J connectivity index is 1.95. The summed E-state index contributed by atoms with van der Waals surface area (Å²) in [6, 6.07) is 1.89. The molecule has 0 amide bonds. The van der Waals surface area contributed by atoms with Crippen molar-refractivity contribution in [1.82, 2.24) is 24.7 Å². The fourth-order valence-corrected chi connectivity index (χ4v) is 2.43. The van der Waals surface area contributed by atoms with Gasteiger partial charge in [-0.25, -0.2) is 0 Å². The molecule has 21 heavy (non-hydrogen) atoms. The smallest absolute Gasteiger partial charge is 0.230 e. The molecule has 0 unspecified atom stereocenters. The number of nitrogens with zero attached hydrogens (tertiary/aromatic N) is 6. The van der Waals surface area contributed by atoms with E-state index in [9.17, 15) is 0 Å². The maximum Gasteiger partial charge on any atom is 0.230 e. The Hall–Kier alpha value is -1.73. The van der Waals surface area contributed by atoms with Crippen LogP contribution in [-0.4, -0.2) is 51.0 Å². The zero-order valence-corrected chi connectivity index (χ0v) is 12.6. The molecule has 8 heteroatoms. The molecule has 0 N–H and O–H groups in total. The fraction of sp³-hybridized carbons (Fsp3) is 0.538. The minimum absolute atomic E-state index is 0.200. The van der Waals surface area contributed by atoms with Crippen LogP contribution in [0, 0.1) is 0 Å². The van der Waals surface area contributed by atoms with E-state index in [0.717, 1.165) is 31.7 Å². The van der Waals surface area contributed by atoms with E-state index in [1.807, 2.05) is 10.7 Å². The summed E-state index contributed by atoms with van der Waals surface area (Å²) in [6.07, 6.45) is 2.74. The number of ether oxygens (including phenoxy) is 1. The van der Waals surface area contributed by atoms with Gasteiger partial charge in [0.2, 0.25) is 11.2 Å². The summed E-state index contributed by atoms with van der Waals surface area (Å²) in [5.41, 5.74) is 0.857. The van der Waals surface area contributed by atoms with Gasteiger partial charge in [0.1, 0.15) is 5.69 Å². The van der Waals surface area contributed by atoms with Crippen molar-refractivity contribution in [3.8, 4) is 11.5 Å². The number of aromatic nitrogens is 5. The highest BCUT2D eigenvalue weighted by Crippen LogP contribution is 2.20. The quantitative estimate of drug-likeness (QED) is 0.855. The van der Waals surface area contributed by atoms with Crippen LogP contribution in [0.3, 0.4) is 0 Å². The molecule has 3 rings (SSSR count). The molecule has 7 nitrogen and oxygen atoms in total. The SMILES string of the molecule is CCCn1nccc1-c1nc(Cl)nc(N2CCOCC2)n1. The zero-order valence-electron chi connectivity index (χ0n) is 11.9. The Labute approximate surface area is 127 Å². The van der Waals surface area contributed by atoms with Gasteiger partial charge in [-0.15, -0.1) is 0 Å². The third-order valence-corrected chi connectivity index (χ3v) is 3.44. The van der Waals surface area contributed by atoms with Gasteiger partial charge in [0.15, 0.2) is 5.82 Å². The lowest BCUT2D eigenvalue weighted by Gasteiger charge is -2.26. The van der Waals surface area contributed by atoms with Crippen LogP contribution in [0.5, 0.6) is 0 Å². The molecule has 0 spiro atoms. The summed E-state index contributed by atoms with van der Waals surface area (Å²) in [5, 5.41) is 4.49. The van der Waals surface area contributed by atoms with E-state index in [2.05, 4.69) is 31.9 Å². The average Bonchev–Trinajstić information content (AvgIpc) is 2.96. The molecular formula is C13H17ClN6O. The second kappa shape index (κ2) is 6.36. The molecule has 0 atom stereocenters. The normalized spacial score (nSPS) is 15.4. The summed E-state index contributed by atoms with van der Waals surface area (Å²) in [6.45, 7) is 5.78. The summed E-state index contributed by atoms with van der Waals surface area (Å²) in [5.74, 6) is 1.15. The van der Waals surface area contributed by atoms with Crippen molar-refractivity contribution < 1.29 is 4.74 Å². The van der Waals surface area contributed by atoms with E-state index in [4.69, 9.17) is 16.3 Å². The minimum Gasteiger partial charge on any atom is -0.378 e. The van der Waals surface area contributed by atoms with Crippen molar-refractivity contribution in [3.05, 3.63) is 17.5 Å². The van der Waals surface area contributed by atoms with Gasteiger partial charge in [-0.1, -0.05) is 6.92 Å². The maximum absolute atomic E-state index is 6.07.